The third-order valence-electron chi connectivity index (χ3n) is 3.65. The van der Waals surface area contributed by atoms with Crippen LogP contribution in [0.1, 0.15) is 52.9 Å². The van der Waals surface area contributed by atoms with Gasteiger partial charge in [-0.1, -0.05) is 19.3 Å². The first-order valence-electron chi connectivity index (χ1n) is 8.59. The van der Waals surface area contributed by atoms with Crippen molar-refractivity contribution in [2.45, 2.75) is 64.7 Å². The molecule has 0 saturated heterocycles. The van der Waals surface area contributed by atoms with Crippen molar-refractivity contribution in [1.29, 1.82) is 0 Å². The molecule has 1 aliphatic carbocycles. The van der Waals surface area contributed by atoms with E-state index >= 15 is 0 Å². The number of carbonyl (C=O) groups is 2. The molecule has 1 unspecified atom stereocenters. The third kappa shape index (κ3) is 6.42. The summed E-state index contributed by atoms with van der Waals surface area (Å²) in [5, 5.41) is 5.23. The summed E-state index contributed by atoms with van der Waals surface area (Å²) in [6, 6.07) is -0.514. The van der Waals surface area contributed by atoms with E-state index in [2.05, 4.69) is 10.6 Å². The number of hydrogen-bond acceptors (Lipinski definition) is 6. The van der Waals surface area contributed by atoms with Crippen LogP contribution >= 0.6 is 7.60 Å². The SMILES string of the molecule is CCOC(=O)C(NC(=O)NC1CCCCC1)P(=O)(OCC)OCC. The molecule has 8 nitrogen and oxygen atoms in total. The van der Waals surface area contributed by atoms with Crippen molar-refractivity contribution in [2.24, 2.45) is 0 Å². The molecule has 0 radical (unpaired) electrons. The summed E-state index contributed by atoms with van der Waals surface area (Å²) in [6.45, 7) is 5.16. The predicted octanol–water partition coefficient (Wildman–Crippen LogP) is 2.77. The van der Waals surface area contributed by atoms with Crippen molar-refractivity contribution in [3.8, 4) is 0 Å². The van der Waals surface area contributed by atoms with Crippen LogP contribution in [0.5, 0.6) is 0 Å². The van der Waals surface area contributed by atoms with Gasteiger partial charge in [-0.25, -0.2) is 9.59 Å². The number of carbonyl (C=O) groups excluding carboxylic acids is 2. The zero-order valence-electron chi connectivity index (χ0n) is 14.7. The quantitative estimate of drug-likeness (QED) is 0.482. The molecule has 1 rings (SSSR count). The lowest BCUT2D eigenvalue weighted by Gasteiger charge is -2.27. The fourth-order valence-electron chi connectivity index (χ4n) is 2.63. The highest BCUT2D eigenvalue weighted by Crippen LogP contribution is 2.52. The Morgan fingerprint density at radius 3 is 2.12 bits per heavy atom. The first-order chi connectivity index (χ1) is 11.5. The summed E-state index contributed by atoms with van der Waals surface area (Å²) in [5.74, 6) is -2.32. The maximum Gasteiger partial charge on any atom is 0.364 e. The van der Waals surface area contributed by atoms with Crippen LogP contribution in [0.3, 0.4) is 0 Å². The molecule has 0 spiro atoms. The summed E-state index contributed by atoms with van der Waals surface area (Å²) in [6.07, 6.45) is 5.07. The van der Waals surface area contributed by atoms with Crippen LogP contribution in [0.15, 0.2) is 0 Å². The highest BCUT2D eigenvalue weighted by molar-refractivity contribution is 7.55. The largest absolute Gasteiger partial charge is 0.464 e. The molecule has 0 aliphatic heterocycles. The molecular formula is C15H29N2O6P. The van der Waals surface area contributed by atoms with Gasteiger partial charge in [0, 0.05) is 6.04 Å². The lowest BCUT2D eigenvalue weighted by atomic mass is 9.96. The average molecular weight is 364 g/mol. The normalized spacial score (nSPS) is 17.1. The third-order valence-corrected chi connectivity index (χ3v) is 5.86. The van der Waals surface area contributed by atoms with Gasteiger partial charge in [-0.15, -0.1) is 0 Å². The van der Waals surface area contributed by atoms with E-state index in [1.54, 1.807) is 20.8 Å². The van der Waals surface area contributed by atoms with E-state index in [1.807, 2.05) is 0 Å². The summed E-state index contributed by atoms with van der Waals surface area (Å²) in [4.78, 5) is 24.4. The zero-order chi connectivity index (χ0) is 18.0. The first kappa shape index (κ1) is 20.9. The van der Waals surface area contributed by atoms with E-state index in [-0.39, 0.29) is 25.9 Å². The number of amides is 2. The highest BCUT2D eigenvalue weighted by Gasteiger charge is 2.43. The van der Waals surface area contributed by atoms with Gasteiger partial charge in [-0.3, -0.25) is 4.57 Å². The minimum atomic E-state index is -3.87. The summed E-state index contributed by atoms with van der Waals surface area (Å²) >= 11 is 0. The van der Waals surface area contributed by atoms with Crippen LogP contribution in [-0.2, 0) is 23.1 Å². The Morgan fingerprint density at radius 2 is 1.62 bits per heavy atom. The van der Waals surface area contributed by atoms with Crippen LogP contribution in [0.2, 0.25) is 0 Å². The number of hydrogen-bond donors (Lipinski definition) is 2. The molecule has 0 aromatic rings. The topological polar surface area (TPSA) is 103 Å². The molecule has 1 fully saturated rings. The van der Waals surface area contributed by atoms with Gasteiger partial charge in [0.05, 0.1) is 19.8 Å². The Bertz CT molecular complexity index is 443. The second-order valence-corrected chi connectivity index (χ2v) is 7.60. The number of urea groups is 1. The summed E-state index contributed by atoms with van der Waals surface area (Å²) < 4.78 is 28.2. The van der Waals surface area contributed by atoms with Crippen LogP contribution in [0.4, 0.5) is 4.79 Å². The van der Waals surface area contributed by atoms with Crippen LogP contribution < -0.4 is 10.6 Å². The Morgan fingerprint density at radius 1 is 1.04 bits per heavy atom. The molecule has 24 heavy (non-hydrogen) atoms. The zero-order valence-corrected chi connectivity index (χ0v) is 15.6. The monoisotopic (exact) mass is 364 g/mol. The van der Waals surface area contributed by atoms with E-state index in [0.29, 0.717) is 0 Å². The second-order valence-electron chi connectivity index (χ2n) is 5.48. The number of esters is 1. The van der Waals surface area contributed by atoms with Crippen LogP contribution in [0.25, 0.3) is 0 Å². The summed E-state index contributed by atoms with van der Waals surface area (Å²) in [5.41, 5.74) is 0. The van der Waals surface area contributed by atoms with Crippen LogP contribution in [0, 0.1) is 0 Å². The lowest BCUT2D eigenvalue weighted by Crippen LogP contribution is -2.50. The average Bonchev–Trinajstić information content (AvgIpc) is 2.54. The molecule has 2 amide bonds. The van der Waals surface area contributed by atoms with E-state index in [1.165, 1.54) is 0 Å². The first-order valence-corrected chi connectivity index (χ1v) is 10.2. The highest BCUT2D eigenvalue weighted by atomic mass is 31.2. The van der Waals surface area contributed by atoms with Gasteiger partial charge >= 0.3 is 19.6 Å². The molecule has 9 heteroatoms. The molecule has 140 valence electrons. The number of rotatable bonds is 9. The van der Waals surface area contributed by atoms with Gasteiger partial charge in [-0.05, 0) is 33.6 Å². The van der Waals surface area contributed by atoms with Crippen molar-refractivity contribution >= 4 is 19.6 Å². The minimum absolute atomic E-state index is 0.0557. The molecule has 2 N–H and O–H groups in total. The Labute approximate surface area is 143 Å². The van der Waals surface area contributed by atoms with Gasteiger partial charge in [0.2, 0.25) is 5.78 Å². The minimum Gasteiger partial charge on any atom is -0.464 e. The van der Waals surface area contributed by atoms with Crippen molar-refractivity contribution in [3.05, 3.63) is 0 Å². The Balaban J connectivity index is 2.81. The molecule has 0 bridgehead atoms. The molecule has 1 saturated carbocycles. The maximum absolute atomic E-state index is 12.9. The van der Waals surface area contributed by atoms with E-state index < -0.39 is 25.4 Å². The van der Waals surface area contributed by atoms with Crippen LogP contribution in [-0.4, -0.2) is 43.6 Å². The predicted molar refractivity (Wildman–Crippen MR) is 89.8 cm³/mol. The van der Waals surface area contributed by atoms with Gasteiger partial charge in [0.15, 0.2) is 0 Å². The smallest absolute Gasteiger partial charge is 0.364 e. The maximum atomic E-state index is 12.9. The second kappa shape index (κ2) is 10.7. The Kier molecular flexibility index (Phi) is 9.33. The molecular weight excluding hydrogens is 335 g/mol. The van der Waals surface area contributed by atoms with Gasteiger partial charge < -0.3 is 24.4 Å². The van der Waals surface area contributed by atoms with E-state index in [4.69, 9.17) is 13.8 Å². The molecule has 1 atom stereocenters. The lowest BCUT2D eigenvalue weighted by molar-refractivity contribution is -0.143. The van der Waals surface area contributed by atoms with Crippen molar-refractivity contribution in [2.75, 3.05) is 19.8 Å². The molecule has 0 aromatic heterocycles. The number of ether oxygens (including phenoxy) is 1. The summed E-state index contributed by atoms with van der Waals surface area (Å²) in [7, 11) is -3.87. The van der Waals surface area contributed by atoms with Gasteiger partial charge in [0.1, 0.15) is 0 Å². The fourth-order valence-corrected chi connectivity index (χ4v) is 4.33. The molecule has 1 aliphatic rings. The van der Waals surface area contributed by atoms with E-state index in [9.17, 15) is 14.2 Å². The Hall–Kier alpha value is -1.11. The van der Waals surface area contributed by atoms with Gasteiger partial charge in [0.25, 0.3) is 0 Å². The molecule has 0 aromatic carbocycles. The van der Waals surface area contributed by atoms with Crippen molar-refractivity contribution < 1.29 is 27.9 Å². The standard InChI is InChI=1S/C15H29N2O6P/c1-4-21-14(18)13(24(20,22-5-2)23-6-3)17-15(19)16-12-10-8-7-9-11-12/h12-13H,4-11H2,1-3H3,(H2,16,17,19). The van der Waals surface area contributed by atoms with Gasteiger partial charge in [-0.2, -0.15) is 0 Å². The van der Waals surface area contributed by atoms with Crippen molar-refractivity contribution in [3.63, 3.8) is 0 Å². The molecule has 0 heterocycles. The fraction of sp³-hybridized carbons (Fsp3) is 0.867. The van der Waals surface area contributed by atoms with Crippen molar-refractivity contribution in [1.82, 2.24) is 10.6 Å². The number of nitrogens with one attached hydrogen (secondary N) is 2. The van der Waals surface area contributed by atoms with E-state index in [0.717, 1.165) is 32.1 Å².